The molecule has 0 spiro atoms. The van der Waals surface area contributed by atoms with Gasteiger partial charge in [0, 0.05) is 28.8 Å². The molecule has 0 aliphatic heterocycles. The number of carbonyl (C=O) groups is 3. The summed E-state index contributed by atoms with van der Waals surface area (Å²) in [6, 6.07) is 15.3. The molecule has 3 aromatic rings. The van der Waals surface area contributed by atoms with Crippen LogP contribution in [-0.2, 0) is 16.0 Å². The summed E-state index contributed by atoms with van der Waals surface area (Å²) >= 11 is 0. The Morgan fingerprint density at radius 2 is 1.67 bits per heavy atom. The second-order valence-electron chi connectivity index (χ2n) is 6.78. The number of hydrogen-bond acceptors (Lipinski definition) is 6. The summed E-state index contributed by atoms with van der Waals surface area (Å²) in [5, 5.41) is 6.61. The molecule has 7 nitrogen and oxygen atoms in total. The lowest BCUT2D eigenvalue weighted by Gasteiger charge is -2.07. The Balaban J connectivity index is 1.47. The fourth-order valence-electron chi connectivity index (χ4n) is 2.92. The number of aryl methyl sites for hydroxylation is 2. The largest absolute Gasteiger partial charge is 0.457 e. The smallest absolute Gasteiger partial charge is 0.306 e. The van der Waals surface area contributed by atoms with Crippen LogP contribution in [0.1, 0.15) is 44.2 Å². The lowest BCUT2D eigenvalue weighted by atomic mass is 10.1. The van der Waals surface area contributed by atoms with Crippen LogP contribution in [0.15, 0.2) is 59.1 Å². The van der Waals surface area contributed by atoms with E-state index in [2.05, 4.69) is 10.5 Å². The molecule has 7 heteroatoms. The van der Waals surface area contributed by atoms with E-state index >= 15 is 0 Å². The lowest BCUT2D eigenvalue weighted by molar-refractivity contribution is -0.142. The van der Waals surface area contributed by atoms with Crippen LogP contribution < -0.4 is 5.32 Å². The zero-order valence-corrected chi connectivity index (χ0v) is 16.8. The fourth-order valence-corrected chi connectivity index (χ4v) is 2.92. The van der Waals surface area contributed by atoms with Crippen molar-refractivity contribution in [2.75, 3.05) is 11.9 Å². The number of amides is 1. The van der Waals surface area contributed by atoms with Crippen molar-refractivity contribution in [2.45, 2.75) is 26.7 Å². The van der Waals surface area contributed by atoms with Gasteiger partial charge in [-0.1, -0.05) is 23.4 Å². The number of ketones is 1. The van der Waals surface area contributed by atoms with E-state index in [1.165, 1.54) is 0 Å². The molecule has 0 unspecified atom stereocenters. The van der Waals surface area contributed by atoms with E-state index in [0.717, 1.165) is 11.3 Å². The first-order valence-electron chi connectivity index (χ1n) is 9.51. The van der Waals surface area contributed by atoms with Crippen LogP contribution in [0, 0.1) is 13.8 Å². The average Bonchev–Trinajstić information content (AvgIpc) is 3.09. The zero-order chi connectivity index (χ0) is 21.5. The van der Waals surface area contributed by atoms with E-state index in [1.54, 1.807) is 55.5 Å². The molecule has 0 saturated heterocycles. The van der Waals surface area contributed by atoms with Crippen molar-refractivity contribution < 1.29 is 23.6 Å². The quantitative estimate of drug-likeness (QED) is 0.450. The fraction of sp³-hybridized carbons (Fsp3) is 0.217. The minimum Gasteiger partial charge on any atom is -0.457 e. The van der Waals surface area contributed by atoms with Gasteiger partial charge in [-0.3, -0.25) is 14.4 Å². The summed E-state index contributed by atoms with van der Waals surface area (Å²) in [6.45, 7) is 3.26. The first-order valence-corrected chi connectivity index (χ1v) is 9.51. The van der Waals surface area contributed by atoms with Crippen molar-refractivity contribution in [1.82, 2.24) is 5.16 Å². The van der Waals surface area contributed by atoms with Crippen LogP contribution in [0.3, 0.4) is 0 Å². The highest BCUT2D eigenvalue weighted by atomic mass is 16.5. The van der Waals surface area contributed by atoms with Crippen molar-refractivity contribution in [3.8, 4) is 0 Å². The molecule has 0 radical (unpaired) electrons. The van der Waals surface area contributed by atoms with Gasteiger partial charge in [0.1, 0.15) is 5.76 Å². The third kappa shape index (κ3) is 5.41. The Morgan fingerprint density at radius 1 is 0.967 bits per heavy atom. The number of carbonyl (C=O) groups excluding carboxylic acids is 3. The van der Waals surface area contributed by atoms with Crippen LogP contribution in [0.25, 0.3) is 0 Å². The number of nitrogens with zero attached hydrogens (tertiary/aromatic N) is 1. The van der Waals surface area contributed by atoms with Crippen LogP contribution in [0.5, 0.6) is 0 Å². The predicted octanol–water partition coefficient (Wildman–Crippen LogP) is 3.90. The summed E-state index contributed by atoms with van der Waals surface area (Å²) < 4.78 is 10.1. The maximum Gasteiger partial charge on any atom is 0.306 e. The second kappa shape index (κ2) is 9.65. The molecule has 3 rings (SSSR count). The van der Waals surface area contributed by atoms with Gasteiger partial charge < -0.3 is 14.6 Å². The molecule has 1 N–H and O–H groups in total. The van der Waals surface area contributed by atoms with Gasteiger partial charge in [-0.2, -0.15) is 0 Å². The van der Waals surface area contributed by atoms with Gasteiger partial charge in [0.05, 0.1) is 5.69 Å². The number of esters is 1. The van der Waals surface area contributed by atoms with Gasteiger partial charge in [0.15, 0.2) is 12.4 Å². The molecule has 1 amide bonds. The van der Waals surface area contributed by atoms with Gasteiger partial charge in [0.25, 0.3) is 5.91 Å². The molecule has 0 saturated carbocycles. The molecule has 0 aliphatic rings. The number of benzene rings is 2. The van der Waals surface area contributed by atoms with Crippen LogP contribution >= 0.6 is 0 Å². The van der Waals surface area contributed by atoms with Crippen LogP contribution in [0.2, 0.25) is 0 Å². The van der Waals surface area contributed by atoms with Crippen LogP contribution in [0.4, 0.5) is 5.69 Å². The Morgan fingerprint density at radius 3 is 2.30 bits per heavy atom. The minimum absolute atomic E-state index is 0.140. The second-order valence-corrected chi connectivity index (χ2v) is 6.78. The lowest BCUT2D eigenvalue weighted by Crippen LogP contribution is -2.15. The number of Topliss-reactive ketones (excluding diaryl/α,β-unsaturated/α-hetero) is 1. The van der Waals surface area contributed by atoms with Crippen molar-refractivity contribution in [2.24, 2.45) is 0 Å². The van der Waals surface area contributed by atoms with Crippen molar-refractivity contribution in [3.63, 3.8) is 0 Å². The number of rotatable bonds is 8. The van der Waals surface area contributed by atoms with Gasteiger partial charge in [0.2, 0.25) is 0 Å². The molecule has 0 atom stereocenters. The summed E-state index contributed by atoms with van der Waals surface area (Å²) in [5.41, 5.74) is 3.13. The van der Waals surface area contributed by atoms with Gasteiger partial charge >= 0.3 is 5.97 Å². The molecular weight excluding hydrogens is 384 g/mol. The number of ether oxygens (including phenoxy) is 1. The van der Waals surface area contributed by atoms with Gasteiger partial charge in [-0.05, 0) is 56.7 Å². The third-order valence-electron chi connectivity index (χ3n) is 4.63. The maximum atomic E-state index is 12.3. The van der Waals surface area contributed by atoms with E-state index in [9.17, 15) is 14.4 Å². The van der Waals surface area contributed by atoms with Crippen molar-refractivity contribution >= 4 is 23.3 Å². The Labute approximate surface area is 174 Å². The predicted molar refractivity (Wildman–Crippen MR) is 110 cm³/mol. The van der Waals surface area contributed by atoms with Crippen molar-refractivity contribution in [1.29, 1.82) is 0 Å². The minimum atomic E-state index is -0.463. The van der Waals surface area contributed by atoms with E-state index < -0.39 is 5.97 Å². The summed E-state index contributed by atoms with van der Waals surface area (Å²) in [6.07, 6.45) is 0.588. The average molecular weight is 406 g/mol. The van der Waals surface area contributed by atoms with E-state index in [1.807, 2.05) is 13.0 Å². The van der Waals surface area contributed by atoms with Crippen molar-refractivity contribution in [3.05, 3.63) is 82.7 Å². The molecule has 2 aromatic carbocycles. The van der Waals surface area contributed by atoms with E-state index in [4.69, 9.17) is 9.26 Å². The monoisotopic (exact) mass is 406 g/mol. The highest BCUT2D eigenvalue weighted by molar-refractivity contribution is 6.04. The molecule has 0 fully saturated rings. The van der Waals surface area contributed by atoms with Crippen LogP contribution in [-0.4, -0.2) is 29.4 Å². The molecule has 1 heterocycles. The zero-order valence-electron chi connectivity index (χ0n) is 16.8. The Kier molecular flexibility index (Phi) is 6.75. The number of hydrogen-bond donors (Lipinski definition) is 1. The first kappa shape index (κ1) is 21.0. The molecule has 0 aliphatic carbocycles. The number of nitrogens with one attached hydrogen (secondary N) is 1. The summed E-state index contributed by atoms with van der Waals surface area (Å²) in [7, 11) is 0. The normalized spacial score (nSPS) is 10.5. The Hall–Kier alpha value is -3.74. The van der Waals surface area contributed by atoms with E-state index in [0.29, 0.717) is 29.0 Å². The highest BCUT2D eigenvalue weighted by Gasteiger charge is 2.14. The SMILES string of the molecule is Cc1noc(C)c1CCC(=O)OCC(=O)c1ccc(NC(=O)c2ccccc2)cc1. The number of aromatic nitrogens is 1. The molecule has 30 heavy (non-hydrogen) atoms. The van der Waals surface area contributed by atoms with E-state index in [-0.39, 0.29) is 24.7 Å². The van der Waals surface area contributed by atoms with Gasteiger partial charge in [-0.25, -0.2) is 0 Å². The Bertz CT molecular complexity index is 1020. The summed E-state index contributed by atoms with van der Waals surface area (Å²) in [5.74, 6) is -0.338. The third-order valence-corrected chi connectivity index (χ3v) is 4.63. The highest BCUT2D eigenvalue weighted by Crippen LogP contribution is 2.15. The molecule has 1 aromatic heterocycles. The van der Waals surface area contributed by atoms with Gasteiger partial charge in [-0.15, -0.1) is 0 Å². The topological polar surface area (TPSA) is 98.5 Å². The molecule has 154 valence electrons. The first-order chi connectivity index (χ1) is 14.4. The number of anilines is 1. The maximum absolute atomic E-state index is 12.3. The molecule has 0 bridgehead atoms. The standard InChI is InChI=1S/C23H22N2O5/c1-15-20(16(2)30-25-15)12-13-22(27)29-14-21(26)17-8-10-19(11-9-17)24-23(28)18-6-4-3-5-7-18/h3-11H,12-14H2,1-2H3,(H,24,28). The molecular formula is C23H22N2O5. The summed E-state index contributed by atoms with van der Waals surface area (Å²) in [4.78, 5) is 36.3.